The molecular weight excluding hydrogens is 310 g/mol. The molecule has 0 spiro atoms. The van der Waals surface area contributed by atoms with Crippen molar-refractivity contribution in [2.75, 3.05) is 7.11 Å². The molecule has 0 aliphatic heterocycles. The first kappa shape index (κ1) is 16.0. The summed E-state index contributed by atoms with van der Waals surface area (Å²) in [7, 11) is 1.18. The lowest BCUT2D eigenvalue weighted by Crippen LogP contribution is -2.44. The van der Waals surface area contributed by atoms with Crippen molar-refractivity contribution in [3.8, 4) is 0 Å². The Balaban J connectivity index is 2.45. The van der Waals surface area contributed by atoms with E-state index in [1.807, 2.05) is 0 Å². The van der Waals surface area contributed by atoms with Gasteiger partial charge in [-0.3, -0.25) is 9.36 Å². The number of nitrogens with zero attached hydrogens (tertiary/aromatic N) is 3. The Morgan fingerprint density at radius 1 is 1.23 bits per heavy atom. The van der Waals surface area contributed by atoms with Crippen LogP contribution in [-0.4, -0.2) is 27.2 Å². The van der Waals surface area contributed by atoms with Gasteiger partial charge in [-0.15, -0.1) is 0 Å². The molecule has 0 amide bonds. The van der Waals surface area contributed by atoms with Gasteiger partial charge in [-0.2, -0.15) is 4.98 Å². The molecular formula is C14H14ClN3O4. The quantitative estimate of drug-likeness (QED) is 0.769. The highest BCUT2D eigenvalue weighted by atomic mass is 35.5. The first-order valence-corrected chi connectivity index (χ1v) is 6.79. The Morgan fingerprint density at radius 3 is 2.45 bits per heavy atom. The molecule has 1 aromatic carbocycles. The Kier molecular flexibility index (Phi) is 4.77. The maximum Gasteiger partial charge on any atom is 0.353 e. The van der Waals surface area contributed by atoms with Gasteiger partial charge in [0.2, 0.25) is 0 Å². The molecule has 116 valence electrons. The highest BCUT2D eigenvalue weighted by Crippen LogP contribution is 2.10. The fourth-order valence-corrected chi connectivity index (χ4v) is 2.03. The van der Waals surface area contributed by atoms with Crippen molar-refractivity contribution >= 4 is 17.6 Å². The van der Waals surface area contributed by atoms with E-state index < -0.39 is 23.9 Å². The molecule has 0 fully saturated rings. The molecule has 0 bridgehead atoms. The van der Waals surface area contributed by atoms with Crippen molar-refractivity contribution in [1.29, 1.82) is 0 Å². The van der Waals surface area contributed by atoms with Gasteiger partial charge in [0, 0.05) is 5.02 Å². The fourth-order valence-electron chi connectivity index (χ4n) is 1.91. The predicted octanol–water partition coefficient (Wildman–Crippen LogP) is 0.588. The number of esters is 1. The van der Waals surface area contributed by atoms with E-state index in [0.29, 0.717) is 5.02 Å². The highest BCUT2D eigenvalue weighted by molar-refractivity contribution is 6.30. The number of ether oxygens (including phenoxy) is 1. The molecule has 0 unspecified atom stereocenters. The van der Waals surface area contributed by atoms with Crippen molar-refractivity contribution in [2.45, 2.75) is 20.0 Å². The summed E-state index contributed by atoms with van der Waals surface area (Å²) in [5.74, 6) is -0.422. The number of rotatable bonds is 4. The molecule has 22 heavy (non-hydrogen) atoms. The summed E-state index contributed by atoms with van der Waals surface area (Å²) in [6.45, 7) is 1.31. The van der Waals surface area contributed by atoms with Crippen LogP contribution in [0.25, 0.3) is 0 Å². The van der Waals surface area contributed by atoms with Gasteiger partial charge in [0.05, 0.1) is 13.7 Å². The van der Waals surface area contributed by atoms with Crippen molar-refractivity contribution in [1.82, 2.24) is 14.1 Å². The summed E-state index contributed by atoms with van der Waals surface area (Å²) >= 11 is 5.82. The minimum Gasteiger partial charge on any atom is -0.468 e. The highest BCUT2D eigenvalue weighted by Gasteiger charge is 2.13. The smallest absolute Gasteiger partial charge is 0.353 e. The second kappa shape index (κ2) is 6.57. The maximum atomic E-state index is 12.4. The number of hydrogen-bond donors (Lipinski definition) is 0. The molecule has 8 heteroatoms. The first-order chi connectivity index (χ1) is 10.4. The third kappa shape index (κ3) is 3.43. The predicted molar refractivity (Wildman–Crippen MR) is 80.1 cm³/mol. The van der Waals surface area contributed by atoms with Crippen LogP contribution in [0.15, 0.2) is 33.9 Å². The largest absolute Gasteiger partial charge is 0.468 e. The minimum atomic E-state index is -0.778. The second-order valence-electron chi connectivity index (χ2n) is 4.60. The van der Waals surface area contributed by atoms with Gasteiger partial charge in [0.15, 0.2) is 0 Å². The van der Waals surface area contributed by atoms with Gasteiger partial charge in [-0.1, -0.05) is 23.7 Å². The van der Waals surface area contributed by atoms with Gasteiger partial charge in [-0.25, -0.2) is 14.2 Å². The van der Waals surface area contributed by atoms with Crippen molar-refractivity contribution in [2.24, 2.45) is 0 Å². The molecule has 1 aromatic heterocycles. The number of aromatic nitrogens is 3. The molecule has 7 nitrogen and oxygen atoms in total. The van der Waals surface area contributed by atoms with Crippen LogP contribution in [0.2, 0.25) is 5.02 Å². The second-order valence-corrected chi connectivity index (χ2v) is 5.04. The van der Waals surface area contributed by atoms with E-state index in [1.54, 1.807) is 31.2 Å². The van der Waals surface area contributed by atoms with Crippen LogP contribution in [0.5, 0.6) is 0 Å². The number of carbonyl (C=O) groups excluding carboxylic acids is 1. The number of methoxy groups -OCH3 is 1. The monoisotopic (exact) mass is 323 g/mol. The van der Waals surface area contributed by atoms with E-state index in [9.17, 15) is 14.4 Å². The van der Waals surface area contributed by atoms with E-state index in [1.165, 1.54) is 11.7 Å². The van der Waals surface area contributed by atoms with Crippen molar-refractivity contribution in [3.63, 3.8) is 0 Å². The van der Waals surface area contributed by atoms with E-state index in [-0.39, 0.29) is 12.4 Å². The van der Waals surface area contributed by atoms with Crippen LogP contribution in [0.3, 0.4) is 0 Å². The van der Waals surface area contributed by atoms with Crippen LogP contribution in [0.4, 0.5) is 0 Å². The number of hydrogen-bond acceptors (Lipinski definition) is 5. The normalized spacial score (nSPS) is 10.5. The third-order valence-electron chi connectivity index (χ3n) is 3.11. The fraction of sp³-hybridized carbons (Fsp3) is 0.286. The number of carbonyl (C=O) groups is 1. The van der Waals surface area contributed by atoms with Crippen molar-refractivity contribution in [3.05, 3.63) is 61.6 Å². The summed E-state index contributed by atoms with van der Waals surface area (Å²) in [5, 5.41) is 0.585. The van der Waals surface area contributed by atoms with E-state index in [4.69, 9.17) is 11.6 Å². The molecule has 0 N–H and O–H groups in total. The zero-order valence-corrected chi connectivity index (χ0v) is 12.8. The van der Waals surface area contributed by atoms with Gasteiger partial charge >= 0.3 is 17.3 Å². The number of halogens is 1. The van der Waals surface area contributed by atoms with Crippen LogP contribution >= 0.6 is 11.6 Å². The zero-order chi connectivity index (χ0) is 16.3. The Morgan fingerprint density at radius 2 is 1.86 bits per heavy atom. The average Bonchev–Trinajstić information content (AvgIpc) is 2.49. The standard InChI is InChI=1S/C14H14ClN3O4/c1-9-16-13(20)18(8-12(19)22-2)14(21)17(9)7-10-3-5-11(15)6-4-10/h3-6H,7-8H2,1-2H3. The third-order valence-corrected chi connectivity index (χ3v) is 3.36. The molecule has 0 radical (unpaired) electrons. The summed E-state index contributed by atoms with van der Waals surface area (Å²) in [5.41, 5.74) is -0.572. The topological polar surface area (TPSA) is 83.2 Å². The van der Waals surface area contributed by atoms with E-state index in [2.05, 4.69) is 9.72 Å². The maximum absolute atomic E-state index is 12.4. The van der Waals surface area contributed by atoms with Gasteiger partial charge in [0.25, 0.3) is 0 Å². The first-order valence-electron chi connectivity index (χ1n) is 6.42. The molecule has 0 aliphatic rings. The Labute approximate surface area is 130 Å². The molecule has 2 aromatic rings. The molecule has 0 atom stereocenters. The Hall–Kier alpha value is -2.41. The summed E-state index contributed by atoms with van der Waals surface area (Å²) in [6.07, 6.45) is 0. The van der Waals surface area contributed by atoms with Crippen LogP contribution < -0.4 is 11.4 Å². The summed E-state index contributed by atoms with van der Waals surface area (Å²) < 4.78 is 6.53. The summed E-state index contributed by atoms with van der Waals surface area (Å²) in [6, 6.07) is 6.94. The van der Waals surface area contributed by atoms with Gasteiger partial charge in [0.1, 0.15) is 12.4 Å². The lowest BCUT2D eigenvalue weighted by atomic mass is 10.2. The van der Waals surface area contributed by atoms with Crippen LogP contribution in [0, 0.1) is 6.92 Å². The Bertz CT molecular complexity index is 808. The number of aryl methyl sites for hydroxylation is 1. The van der Waals surface area contributed by atoms with Crippen LogP contribution in [0.1, 0.15) is 11.4 Å². The zero-order valence-electron chi connectivity index (χ0n) is 12.1. The lowest BCUT2D eigenvalue weighted by molar-refractivity contribution is -0.141. The minimum absolute atomic E-state index is 0.219. The van der Waals surface area contributed by atoms with E-state index in [0.717, 1.165) is 10.1 Å². The van der Waals surface area contributed by atoms with Crippen molar-refractivity contribution < 1.29 is 9.53 Å². The van der Waals surface area contributed by atoms with Crippen LogP contribution in [-0.2, 0) is 22.6 Å². The lowest BCUT2D eigenvalue weighted by Gasteiger charge is -2.11. The number of benzene rings is 1. The molecule has 1 heterocycles. The molecule has 0 aliphatic carbocycles. The summed E-state index contributed by atoms with van der Waals surface area (Å²) in [4.78, 5) is 39.2. The average molecular weight is 324 g/mol. The molecule has 0 saturated heterocycles. The van der Waals surface area contributed by atoms with Gasteiger partial charge < -0.3 is 4.74 Å². The molecule has 2 rings (SSSR count). The van der Waals surface area contributed by atoms with Gasteiger partial charge in [-0.05, 0) is 24.6 Å². The molecule has 0 saturated carbocycles. The SMILES string of the molecule is COC(=O)Cn1c(=O)nc(C)n(Cc2ccc(Cl)cc2)c1=O. The van der Waals surface area contributed by atoms with E-state index >= 15 is 0 Å².